The highest BCUT2D eigenvalue weighted by molar-refractivity contribution is 14.0. The number of carbonyl (C=O) groups excluding carboxylic acids is 1. The average Bonchev–Trinajstić information content (AvgIpc) is 3.06. The van der Waals surface area contributed by atoms with Crippen molar-refractivity contribution in [2.45, 2.75) is 38.6 Å². The molecule has 0 aromatic heterocycles. The SMILES string of the molecule is CCN1CCCC1CN=C(N)NCCCC(=O)Nc1ccc(Cl)cc1.I. The molecule has 1 aliphatic rings. The lowest BCUT2D eigenvalue weighted by molar-refractivity contribution is -0.116. The Morgan fingerprint density at radius 3 is 2.81 bits per heavy atom. The molecule has 26 heavy (non-hydrogen) atoms. The molecule has 0 spiro atoms. The number of aliphatic imine (C=N–C) groups is 1. The Balaban J connectivity index is 0.00000338. The molecule has 2 rings (SSSR count). The lowest BCUT2D eigenvalue weighted by Gasteiger charge is -2.20. The smallest absolute Gasteiger partial charge is 0.224 e. The van der Waals surface area contributed by atoms with Crippen LogP contribution in [0.3, 0.4) is 0 Å². The van der Waals surface area contributed by atoms with Crippen LogP contribution >= 0.6 is 35.6 Å². The molecule has 1 fully saturated rings. The molecule has 0 aliphatic carbocycles. The third-order valence-corrected chi connectivity index (χ3v) is 4.64. The Morgan fingerprint density at radius 2 is 2.12 bits per heavy atom. The lowest BCUT2D eigenvalue weighted by Crippen LogP contribution is -2.36. The van der Waals surface area contributed by atoms with Gasteiger partial charge in [0.15, 0.2) is 5.96 Å². The van der Waals surface area contributed by atoms with Crippen LogP contribution in [0.1, 0.15) is 32.6 Å². The van der Waals surface area contributed by atoms with Gasteiger partial charge in [-0.15, -0.1) is 24.0 Å². The molecule has 0 saturated carbocycles. The normalized spacial score (nSPS) is 17.6. The summed E-state index contributed by atoms with van der Waals surface area (Å²) in [5.74, 6) is 0.435. The second-order valence-electron chi connectivity index (χ2n) is 6.24. The van der Waals surface area contributed by atoms with Crippen LogP contribution in [0.5, 0.6) is 0 Å². The van der Waals surface area contributed by atoms with Crippen LogP contribution in [0.4, 0.5) is 5.69 Å². The zero-order valence-corrected chi connectivity index (χ0v) is 18.3. The fourth-order valence-corrected chi connectivity index (χ4v) is 3.13. The standard InChI is InChI=1S/C18H28ClN5O.HI/c1-2-24-12-4-5-16(24)13-22-18(20)21-11-3-6-17(25)23-15-9-7-14(19)8-10-15;/h7-10,16H,2-6,11-13H2,1H3,(H,23,25)(H3,20,21,22);1H. The fourth-order valence-electron chi connectivity index (χ4n) is 3.00. The number of amides is 1. The van der Waals surface area contributed by atoms with E-state index in [0.29, 0.717) is 36.4 Å². The minimum absolute atomic E-state index is 0. The molecule has 1 unspecified atom stereocenters. The number of likely N-dealkylation sites (tertiary alicyclic amines) is 1. The predicted molar refractivity (Wildman–Crippen MR) is 119 cm³/mol. The number of guanidine groups is 1. The van der Waals surface area contributed by atoms with Crippen LogP contribution < -0.4 is 16.4 Å². The monoisotopic (exact) mass is 493 g/mol. The molecule has 146 valence electrons. The molecule has 1 aromatic rings. The van der Waals surface area contributed by atoms with Gasteiger partial charge < -0.3 is 16.4 Å². The molecule has 0 bridgehead atoms. The van der Waals surface area contributed by atoms with Crippen molar-refractivity contribution >= 4 is 53.1 Å². The van der Waals surface area contributed by atoms with Crippen molar-refractivity contribution in [3.63, 3.8) is 0 Å². The van der Waals surface area contributed by atoms with E-state index >= 15 is 0 Å². The van der Waals surface area contributed by atoms with Gasteiger partial charge in [0.25, 0.3) is 0 Å². The summed E-state index contributed by atoms with van der Waals surface area (Å²) in [5.41, 5.74) is 6.65. The molecule has 1 saturated heterocycles. The van der Waals surface area contributed by atoms with Crippen LogP contribution in [0.2, 0.25) is 5.02 Å². The lowest BCUT2D eigenvalue weighted by atomic mass is 10.2. The summed E-state index contributed by atoms with van der Waals surface area (Å²) in [6.45, 7) is 5.77. The van der Waals surface area contributed by atoms with E-state index < -0.39 is 0 Å². The van der Waals surface area contributed by atoms with Crippen molar-refractivity contribution in [1.82, 2.24) is 10.2 Å². The van der Waals surface area contributed by atoms with Crippen molar-refractivity contribution in [1.29, 1.82) is 0 Å². The van der Waals surface area contributed by atoms with Gasteiger partial charge in [0.2, 0.25) is 5.91 Å². The molecular formula is C18H29ClIN5O. The summed E-state index contributed by atoms with van der Waals surface area (Å²) >= 11 is 5.82. The van der Waals surface area contributed by atoms with Crippen LogP contribution in [-0.4, -0.2) is 49.0 Å². The highest BCUT2D eigenvalue weighted by atomic mass is 127. The Kier molecular flexibility index (Phi) is 10.9. The van der Waals surface area contributed by atoms with Gasteiger partial charge in [0, 0.05) is 29.7 Å². The maximum absolute atomic E-state index is 11.9. The molecule has 1 aromatic carbocycles. The van der Waals surface area contributed by atoms with Gasteiger partial charge in [0.1, 0.15) is 0 Å². The van der Waals surface area contributed by atoms with Crippen molar-refractivity contribution in [2.24, 2.45) is 10.7 Å². The molecule has 4 N–H and O–H groups in total. The number of benzene rings is 1. The number of likely N-dealkylation sites (N-methyl/N-ethyl adjacent to an activating group) is 1. The Hall–Kier alpha value is -1.06. The summed E-state index contributed by atoms with van der Waals surface area (Å²) in [7, 11) is 0. The van der Waals surface area contributed by atoms with Gasteiger partial charge in [-0.3, -0.25) is 14.7 Å². The zero-order valence-electron chi connectivity index (χ0n) is 15.2. The van der Waals surface area contributed by atoms with E-state index in [0.717, 1.165) is 25.3 Å². The number of hydrogen-bond acceptors (Lipinski definition) is 3. The van der Waals surface area contributed by atoms with E-state index in [1.807, 2.05) is 0 Å². The molecule has 1 aliphatic heterocycles. The van der Waals surface area contributed by atoms with Gasteiger partial charge in [-0.1, -0.05) is 18.5 Å². The van der Waals surface area contributed by atoms with Gasteiger partial charge in [0.05, 0.1) is 6.54 Å². The van der Waals surface area contributed by atoms with Gasteiger partial charge in [-0.25, -0.2) is 0 Å². The minimum Gasteiger partial charge on any atom is -0.370 e. The number of nitrogens with two attached hydrogens (primary N) is 1. The molecule has 1 heterocycles. The second-order valence-corrected chi connectivity index (χ2v) is 6.67. The van der Waals surface area contributed by atoms with Crippen molar-refractivity contribution in [3.8, 4) is 0 Å². The van der Waals surface area contributed by atoms with Gasteiger partial charge >= 0.3 is 0 Å². The first-order valence-electron chi connectivity index (χ1n) is 8.91. The van der Waals surface area contributed by atoms with Crippen molar-refractivity contribution < 1.29 is 4.79 Å². The number of nitrogens with zero attached hydrogens (tertiary/aromatic N) is 2. The van der Waals surface area contributed by atoms with E-state index in [1.54, 1.807) is 24.3 Å². The summed E-state index contributed by atoms with van der Waals surface area (Å²) in [4.78, 5) is 18.7. The first-order valence-corrected chi connectivity index (χ1v) is 9.29. The summed E-state index contributed by atoms with van der Waals surface area (Å²) in [6, 6.07) is 7.58. The van der Waals surface area contributed by atoms with E-state index in [4.69, 9.17) is 17.3 Å². The topological polar surface area (TPSA) is 82.8 Å². The van der Waals surface area contributed by atoms with E-state index in [1.165, 1.54) is 12.8 Å². The Morgan fingerprint density at radius 1 is 1.38 bits per heavy atom. The van der Waals surface area contributed by atoms with E-state index in [2.05, 4.69) is 27.4 Å². The highest BCUT2D eigenvalue weighted by Crippen LogP contribution is 2.16. The number of hydrogen-bond donors (Lipinski definition) is 3. The summed E-state index contributed by atoms with van der Waals surface area (Å²) < 4.78 is 0. The molecule has 1 amide bonds. The highest BCUT2D eigenvalue weighted by Gasteiger charge is 2.22. The number of anilines is 1. The summed E-state index contributed by atoms with van der Waals surface area (Å²) in [5, 5.41) is 6.57. The van der Waals surface area contributed by atoms with Crippen LogP contribution in [0.15, 0.2) is 29.3 Å². The predicted octanol–water partition coefficient (Wildman–Crippen LogP) is 3.07. The zero-order chi connectivity index (χ0) is 18.1. The molecular weight excluding hydrogens is 465 g/mol. The number of rotatable bonds is 8. The Labute approximate surface area is 178 Å². The Bertz CT molecular complexity index is 581. The largest absolute Gasteiger partial charge is 0.370 e. The molecule has 1 atom stereocenters. The van der Waals surface area contributed by atoms with Crippen molar-refractivity contribution in [3.05, 3.63) is 29.3 Å². The third kappa shape index (κ3) is 8.09. The van der Waals surface area contributed by atoms with E-state index in [9.17, 15) is 4.79 Å². The first kappa shape index (κ1) is 23.0. The maximum Gasteiger partial charge on any atom is 0.224 e. The third-order valence-electron chi connectivity index (χ3n) is 4.39. The maximum atomic E-state index is 11.9. The van der Waals surface area contributed by atoms with Crippen LogP contribution in [0, 0.1) is 0 Å². The van der Waals surface area contributed by atoms with Crippen molar-refractivity contribution in [2.75, 3.05) is 31.5 Å². The van der Waals surface area contributed by atoms with Crippen LogP contribution in [0.25, 0.3) is 0 Å². The fraction of sp³-hybridized carbons (Fsp3) is 0.556. The second kappa shape index (κ2) is 12.3. The average molecular weight is 494 g/mol. The molecule has 0 radical (unpaired) electrons. The first-order chi connectivity index (χ1) is 12.1. The quantitative estimate of drug-likeness (QED) is 0.225. The van der Waals surface area contributed by atoms with Gasteiger partial charge in [-0.05, 0) is 56.6 Å². The van der Waals surface area contributed by atoms with E-state index in [-0.39, 0.29) is 29.9 Å². The number of carbonyl (C=O) groups is 1. The molecule has 6 nitrogen and oxygen atoms in total. The minimum atomic E-state index is -0.0239. The summed E-state index contributed by atoms with van der Waals surface area (Å²) in [6.07, 6.45) is 3.55. The number of halogens is 2. The molecule has 8 heteroatoms. The van der Waals surface area contributed by atoms with Crippen LogP contribution in [-0.2, 0) is 4.79 Å². The van der Waals surface area contributed by atoms with Gasteiger partial charge in [-0.2, -0.15) is 0 Å². The number of nitrogens with one attached hydrogen (secondary N) is 2.